The Hall–Kier alpha value is -1.75. The molecule has 5 heteroatoms. The van der Waals surface area contributed by atoms with Crippen LogP contribution in [0, 0.1) is 0 Å². The fraction of sp³-hybridized carbons (Fsp3) is 0.462. The third kappa shape index (κ3) is 3.92. The molecule has 0 heterocycles. The molecular formula is C13H20N2O3. The highest BCUT2D eigenvalue weighted by Gasteiger charge is 2.16. The number of hydrogen-bond acceptors (Lipinski definition) is 4. The molecule has 0 saturated carbocycles. The lowest BCUT2D eigenvalue weighted by Crippen LogP contribution is -2.30. The minimum Gasteiger partial charge on any atom is -0.497 e. The van der Waals surface area contributed by atoms with Crippen LogP contribution in [0.25, 0.3) is 0 Å². The van der Waals surface area contributed by atoms with Crippen molar-refractivity contribution in [3.05, 3.63) is 18.2 Å². The molecule has 0 aliphatic carbocycles. The van der Waals surface area contributed by atoms with Crippen LogP contribution in [0.2, 0.25) is 0 Å². The number of anilines is 2. The molecule has 1 amide bonds. The zero-order chi connectivity index (χ0) is 13.7. The van der Waals surface area contributed by atoms with E-state index in [4.69, 9.17) is 15.2 Å². The van der Waals surface area contributed by atoms with Crippen molar-refractivity contribution in [2.45, 2.75) is 33.0 Å². The Morgan fingerprint density at radius 3 is 2.50 bits per heavy atom. The Morgan fingerprint density at radius 1 is 1.33 bits per heavy atom. The van der Waals surface area contributed by atoms with E-state index in [9.17, 15) is 4.79 Å². The van der Waals surface area contributed by atoms with Crippen molar-refractivity contribution < 1.29 is 14.3 Å². The number of ether oxygens (including phenoxy) is 2. The SMILES string of the molecule is COc1ccc(NC(=O)C(C)OC(C)C)c(N)c1. The van der Waals surface area contributed by atoms with E-state index in [1.54, 1.807) is 32.2 Å². The van der Waals surface area contributed by atoms with Crippen LogP contribution < -0.4 is 15.8 Å². The van der Waals surface area contributed by atoms with Crippen molar-refractivity contribution in [2.75, 3.05) is 18.2 Å². The number of nitrogens with one attached hydrogen (secondary N) is 1. The molecule has 3 N–H and O–H groups in total. The van der Waals surface area contributed by atoms with E-state index in [-0.39, 0.29) is 12.0 Å². The molecule has 1 unspecified atom stereocenters. The Balaban J connectivity index is 2.70. The monoisotopic (exact) mass is 252 g/mol. The molecule has 0 aromatic heterocycles. The summed E-state index contributed by atoms with van der Waals surface area (Å²) in [6.45, 7) is 5.46. The lowest BCUT2D eigenvalue weighted by Gasteiger charge is -2.16. The Morgan fingerprint density at radius 2 is 2.00 bits per heavy atom. The van der Waals surface area contributed by atoms with Crippen molar-refractivity contribution in [2.24, 2.45) is 0 Å². The lowest BCUT2D eigenvalue weighted by atomic mass is 10.2. The summed E-state index contributed by atoms with van der Waals surface area (Å²) < 4.78 is 10.4. The van der Waals surface area contributed by atoms with E-state index in [1.165, 1.54) is 0 Å². The predicted octanol–water partition coefficient (Wildman–Crippen LogP) is 2.03. The van der Waals surface area contributed by atoms with Crippen LogP contribution in [0.1, 0.15) is 20.8 Å². The minimum absolute atomic E-state index is 0.000959. The third-order valence-corrected chi connectivity index (χ3v) is 2.36. The van der Waals surface area contributed by atoms with E-state index in [2.05, 4.69) is 5.32 Å². The van der Waals surface area contributed by atoms with Crippen LogP contribution in [-0.4, -0.2) is 25.2 Å². The van der Waals surface area contributed by atoms with E-state index >= 15 is 0 Å². The van der Waals surface area contributed by atoms with Crippen LogP contribution in [0.4, 0.5) is 11.4 Å². The molecule has 1 rings (SSSR count). The van der Waals surface area contributed by atoms with Gasteiger partial charge in [0.05, 0.1) is 24.6 Å². The van der Waals surface area contributed by atoms with E-state index < -0.39 is 6.10 Å². The second kappa shape index (κ2) is 6.26. The first-order valence-corrected chi connectivity index (χ1v) is 5.84. The van der Waals surface area contributed by atoms with Gasteiger partial charge in [-0.15, -0.1) is 0 Å². The van der Waals surface area contributed by atoms with Gasteiger partial charge in [-0.1, -0.05) is 0 Å². The highest BCUT2D eigenvalue weighted by Crippen LogP contribution is 2.24. The first kappa shape index (κ1) is 14.3. The molecule has 0 bridgehead atoms. The van der Waals surface area contributed by atoms with Gasteiger partial charge in [-0.2, -0.15) is 0 Å². The second-order valence-corrected chi connectivity index (χ2v) is 4.27. The van der Waals surface area contributed by atoms with Gasteiger partial charge >= 0.3 is 0 Å². The predicted molar refractivity (Wildman–Crippen MR) is 71.7 cm³/mol. The van der Waals surface area contributed by atoms with Gasteiger partial charge in [0.2, 0.25) is 0 Å². The molecule has 1 atom stereocenters. The fourth-order valence-corrected chi connectivity index (χ4v) is 1.49. The normalized spacial score (nSPS) is 12.3. The summed E-state index contributed by atoms with van der Waals surface area (Å²) in [5.41, 5.74) is 6.82. The fourth-order valence-electron chi connectivity index (χ4n) is 1.49. The van der Waals surface area contributed by atoms with E-state index in [0.29, 0.717) is 17.1 Å². The number of carbonyl (C=O) groups is 1. The number of benzene rings is 1. The molecule has 0 aliphatic heterocycles. The smallest absolute Gasteiger partial charge is 0.253 e. The number of carbonyl (C=O) groups excluding carboxylic acids is 1. The highest BCUT2D eigenvalue weighted by atomic mass is 16.5. The van der Waals surface area contributed by atoms with Crippen LogP contribution >= 0.6 is 0 Å². The molecule has 0 radical (unpaired) electrons. The standard InChI is InChI=1S/C13H20N2O3/c1-8(2)18-9(3)13(16)15-12-6-5-10(17-4)7-11(12)14/h5-9H,14H2,1-4H3,(H,15,16). The Kier molecular flexibility index (Phi) is 4.97. The largest absolute Gasteiger partial charge is 0.497 e. The maximum Gasteiger partial charge on any atom is 0.253 e. The van der Waals surface area contributed by atoms with Gasteiger partial charge in [-0.3, -0.25) is 4.79 Å². The van der Waals surface area contributed by atoms with Crippen LogP contribution in [0.5, 0.6) is 5.75 Å². The van der Waals surface area contributed by atoms with Crippen LogP contribution in [-0.2, 0) is 9.53 Å². The number of hydrogen-bond donors (Lipinski definition) is 2. The van der Waals surface area contributed by atoms with Crippen LogP contribution in [0.15, 0.2) is 18.2 Å². The highest BCUT2D eigenvalue weighted by molar-refractivity contribution is 5.96. The Bertz CT molecular complexity index is 419. The van der Waals surface area contributed by atoms with Gasteiger partial charge in [-0.05, 0) is 32.9 Å². The van der Waals surface area contributed by atoms with Gasteiger partial charge in [-0.25, -0.2) is 0 Å². The van der Waals surface area contributed by atoms with Crippen molar-refractivity contribution in [3.8, 4) is 5.75 Å². The minimum atomic E-state index is -0.522. The molecular weight excluding hydrogens is 232 g/mol. The van der Waals surface area contributed by atoms with Gasteiger partial charge < -0.3 is 20.5 Å². The summed E-state index contributed by atoms with van der Waals surface area (Å²) in [7, 11) is 1.56. The first-order chi connectivity index (χ1) is 8.43. The number of rotatable bonds is 5. The summed E-state index contributed by atoms with van der Waals surface area (Å²) in [6.07, 6.45) is -0.523. The van der Waals surface area contributed by atoms with Crippen LogP contribution in [0.3, 0.4) is 0 Å². The molecule has 0 spiro atoms. The molecule has 0 saturated heterocycles. The van der Waals surface area contributed by atoms with E-state index in [1.807, 2.05) is 13.8 Å². The average molecular weight is 252 g/mol. The van der Waals surface area contributed by atoms with E-state index in [0.717, 1.165) is 0 Å². The summed E-state index contributed by atoms with van der Waals surface area (Å²) in [5, 5.41) is 2.72. The first-order valence-electron chi connectivity index (χ1n) is 5.84. The summed E-state index contributed by atoms with van der Waals surface area (Å²) in [4.78, 5) is 11.8. The topological polar surface area (TPSA) is 73.6 Å². The zero-order valence-corrected chi connectivity index (χ0v) is 11.2. The maximum absolute atomic E-state index is 11.8. The van der Waals surface area contributed by atoms with Crippen molar-refractivity contribution in [1.82, 2.24) is 0 Å². The van der Waals surface area contributed by atoms with Gasteiger partial charge in [0.25, 0.3) is 5.91 Å². The molecule has 1 aromatic rings. The summed E-state index contributed by atoms with van der Waals surface area (Å²) >= 11 is 0. The molecule has 5 nitrogen and oxygen atoms in total. The average Bonchev–Trinajstić information content (AvgIpc) is 2.30. The summed E-state index contributed by atoms with van der Waals surface area (Å²) in [6, 6.07) is 5.09. The van der Waals surface area contributed by atoms with Gasteiger partial charge in [0.15, 0.2) is 0 Å². The maximum atomic E-state index is 11.8. The molecule has 0 fully saturated rings. The third-order valence-electron chi connectivity index (χ3n) is 2.36. The molecule has 18 heavy (non-hydrogen) atoms. The molecule has 1 aromatic carbocycles. The van der Waals surface area contributed by atoms with Gasteiger partial charge in [0.1, 0.15) is 11.9 Å². The summed E-state index contributed by atoms with van der Waals surface area (Å²) in [5.74, 6) is 0.428. The zero-order valence-electron chi connectivity index (χ0n) is 11.2. The number of nitrogens with two attached hydrogens (primary N) is 1. The second-order valence-electron chi connectivity index (χ2n) is 4.27. The lowest BCUT2D eigenvalue weighted by molar-refractivity contribution is -0.128. The molecule has 0 aliphatic rings. The van der Waals surface area contributed by atoms with Crippen molar-refractivity contribution in [1.29, 1.82) is 0 Å². The molecule has 100 valence electrons. The van der Waals surface area contributed by atoms with Crippen molar-refractivity contribution >= 4 is 17.3 Å². The Labute approximate surface area is 107 Å². The number of methoxy groups -OCH3 is 1. The number of nitrogen functional groups attached to an aromatic ring is 1. The van der Waals surface area contributed by atoms with Gasteiger partial charge in [0, 0.05) is 6.07 Å². The van der Waals surface area contributed by atoms with Crippen molar-refractivity contribution in [3.63, 3.8) is 0 Å². The quantitative estimate of drug-likeness (QED) is 0.786. The number of amides is 1.